The molecule has 0 aromatic rings. The van der Waals surface area contributed by atoms with Gasteiger partial charge in [-0.1, -0.05) is 19.3 Å². The molecule has 1 aliphatic rings. The van der Waals surface area contributed by atoms with Crippen molar-refractivity contribution in [1.29, 1.82) is 0 Å². The summed E-state index contributed by atoms with van der Waals surface area (Å²) in [6, 6.07) is 0. The van der Waals surface area contributed by atoms with Crippen LogP contribution in [0.3, 0.4) is 0 Å². The Morgan fingerprint density at radius 1 is 1.19 bits per heavy atom. The van der Waals surface area contributed by atoms with Gasteiger partial charge in [-0.05, 0) is 12.8 Å². The third kappa shape index (κ3) is 4.74. The smallest absolute Gasteiger partial charge is 0.250 e. The molecule has 0 heterocycles. The minimum Gasteiger partial charge on any atom is -0.273 e. The topological polar surface area (TPSA) is 75.3 Å². The zero-order chi connectivity index (χ0) is 12.0. The maximum Gasteiger partial charge on any atom is 0.250 e. The normalized spacial score (nSPS) is 18.8. The summed E-state index contributed by atoms with van der Waals surface area (Å²) in [5.74, 6) is -0.605. The van der Waals surface area contributed by atoms with Crippen LogP contribution >= 0.6 is 0 Å². The molecule has 16 heavy (non-hydrogen) atoms. The fraction of sp³-hybridized carbons (Fsp3) is 0.800. The molecule has 92 valence electrons. The molecule has 5 nitrogen and oxygen atoms in total. The standard InChI is InChI=1S/C10H18N2O3S/c1-16(15)7-9(13)11-12-10(14)8-5-3-2-4-6-8/h8H,2-7H2,1H3,(H,11,13)(H,12,14). The van der Waals surface area contributed by atoms with Gasteiger partial charge in [-0.2, -0.15) is 0 Å². The highest BCUT2D eigenvalue weighted by molar-refractivity contribution is 7.85. The van der Waals surface area contributed by atoms with E-state index in [1.165, 1.54) is 12.7 Å². The van der Waals surface area contributed by atoms with Crippen LogP contribution in [0.5, 0.6) is 0 Å². The molecule has 0 aromatic heterocycles. The summed E-state index contributed by atoms with van der Waals surface area (Å²) in [4.78, 5) is 22.7. The Labute approximate surface area is 97.8 Å². The monoisotopic (exact) mass is 246 g/mol. The van der Waals surface area contributed by atoms with Crippen molar-refractivity contribution in [3.8, 4) is 0 Å². The molecule has 6 heteroatoms. The minimum absolute atomic E-state index is 0.0150. The number of hydrogen-bond donors (Lipinski definition) is 2. The molecule has 2 amide bonds. The van der Waals surface area contributed by atoms with Crippen LogP contribution in [0.4, 0.5) is 0 Å². The lowest BCUT2D eigenvalue weighted by molar-refractivity contribution is -0.131. The zero-order valence-electron chi connectivity index (χ0n) is 9.45. The fourth-order valence-electron chi connectivity index (χ4n) is 1.82. The van der Waals surface area contributed by atoms with Crippen LogP contribution in [-0.2, 0) is 20.4 Å². The minimum atomic E-state index is -1.18. The van der Waals surface area contributed by atoms with Gasteiger partial charge < -0.3 is 0 Å². The number of carbonyl (C=O) groups is 2. The van der Waals surface area contributed by atoms with Gasteiger partial charge in [0.1, 0.15) is 5.75 Å². The molecule has 1 rings (SSSR count). The van der Waals surface area contributed by atoms with Gasteiger partial charge in [0.2, 0.25) is 5.91 Å². The van der Waals surface area contributed by atoms with Crippen LogP contribution in [0.25, 0.3) is 0 Å². The van der Waals surface area contributed by atoms with E-state index in [1.807, 2.05) is 0 Å². The maximum absolute atomic E-state index is 11.6. The van der Waals surface area contributed by atoms with Gasteiger partial charge >= 0.3 is 0 Å². The number of amides is 2. The van der Waals surface area contributed by atoms with Crippen LogP contribution < -0.4 is 10.9 Å². The second kappa shape index (κ2) is 6.62. The second-order valence-electron chi connectivity index (χ2n) is 4.09. The predicted octanol–water partition coefficient (Wildman–Crippen LogP) is 0.0926. The molecule has 1 aliphatic carbocycles. The first-order valence-corrected chi connectivity index (χ1v) is 7.21. The Hall–Kier alpha value is -0.910. The first kappa shape index (κ1) is 13.2. The van der Waals surface area contributed by atoms with Crippen LogP contribution in [-0.4, -0.2) is 28.0 Å². The SMILES string of the molecule is CS(=O)CC(=O)NNC(=O)C1CCCCC1. The maximum atomic E-state index is 11.6. The van der Waals surface area contributed by atoms with Gasteiger partial charge in [0.15, 0.2) is 0 Å². The summed E-state index contributed by atoms with van der Waals surface area (Å²) in [6.45, 7) is 0. The van der Waals surface area contributed by atoms with Crippen LogP contribution in [0.15, 0.2) is 0 Å². The highest BCUT2D eigenvalue weighted by Gasteiger charge is 2.21. The van der Waals surface area contributed by atoms with Crippen LogP contribution in [0.1, 0.15) is 32.1 Å². The average molecular weight is 246 g/mol. The van der Waals surface area contributed by atoms with E-state index in [9.17, 15) is 13.8 Å². The highest BCUT2D eigenvalue weighted by Crippen LogP contribution is 2.23. The lowest BCUT2D eigenvalue weighted by Gasteiger charge is -2.20. The lowest BCUT2D eigenvalue weighted by atomic mass is 9.89. The number of hydrogen-bond acceptors (Lipinski definition) is 3. The molecule has 1 fully saturated rings. The van der Waals surface area contributed by atoms with E-state index < -0.39 is 16.7 Å². The summed E-state index contributed by atoms with van der Waals surface area (Å²) in [6.07, 6.45) is 6.56. The number of carbonyl (C=O) groups excluding carboxylic acids is 2. The van der Waals surface area contributed by atoms with Crippen LogP contribution in [0, 0.1) is 5.92 Å². The van der Waals surface area contributed by atoms with E-state index in [1.54, 1.807) is 0 Å². The van der Waals surface area contributed by atoms with E-state index in [4.69, 9.17) is 0 Å². The van der Waals surface area contributed by atoms with Gasteiger partial charge in [-0.3, -0.25) is 24.6 Å². The first-order chi connectivity index (χ1) is 7.59. The molecule has 1 atom stereocenters. The Kier molecular flexibility index (Phi) is 5.45. The molecule has 1 unspecified atom stereocenters. The van der Waals surface area contributed by atoms with Crippen molar-refractivity contribution >= 4 is 22.6 Å². The summed E-state index contributed by atoms with van der Waals surface area (Å²) in [7, 11) is -1.18. The molecule has 0 radical (unpaired) electrons. The predicted molar refractivity (Wildman–Crippen MR) is 61.8 cm³/mol. The highest BCUT2D eigenvalue weighted by atomic mass is 32.2. The molecular formula is C10H18N2O3S. The average Bonchev–Trinajstić information content (AvgIpc) is 2.26. The quantitative estimate of drug-likeness (QED) is 0.693. The molecule has 0 bridgehead atoms. The second-order valence-corrected chi connectivity index (χ2v) is 5.52. The van der Waals surface area contributed by atoms with Gasteiger partial charge in [0.05, 0.1) is 0 Å². The van der Waals surface area contributed by atoms with Crippen molar-refractivity contribution in [1.82, 2.24) is 10.9 Å². The summed E-state index contributed by atoms with van der Waals surface area (Å²) >= 11 is 0. The molecule has 0 aromatic carbocycles. The zero-order valence-corrected chi connectivity index (χ0v) is 10.3. The summed E-state index contributed by atoms with van der Waals surface area (Å²) in [5, 5.41) is 0. The van der Waals surface area contributed by atoms with Crippen molar-refractivity contribution in [2.75, 3.05) is 12.0 Å². The lowest BCUT2D eigenvalue weighted by Crippen LogP contribution is -2.46. The first-order valence-electron chi connectivity index (χ1n) is 5.48. The van der Waals surface area contributed by atoms with Gasteiger partial charge in [-0.15, -0.1) is 0 Å². The van der Waals surface area contributed by atoms with E-state index in [2.05, 4.69) is 10.9 Å². The number of rotatable bonds is 3. The largest absolute Gasteiger partial charge is 0.273 e. The summed E-state index contributed by atoms with van der Waals surface area (Å²) < 4.78 is 10.7. The third-order valence-corrected chi connectivity index (χ3v) is 3.30. The molecule has 0 aliphatic heterocycles. The molecular weight excluding hydrogens is 228 g/mol. The van der Waals surface area contributed by atoms with Gasteiger partial charge in [0.25, 0.3) is 5.91 Å². The molecule has 1 saturated carbocycles. The molecule has 0 spiro atoms. The van der Waals surface area contributed by atoms with Crippen molar-refractivity contribution in [2.24, 2.45) is 5.92 Å². The molecule has 0 saturated heterocycles. The Morgan fingerprint density at radius 3 is 2.38 bits per heavy atom. The van der Waals surface area contributed by atoms with E-state index >= 15 is 0 Å². The third-order valence-electron chi connectivity index (χ3n) is 2.64. The van der Waals surface area contributed by atoms with Crippen molar-refractivity contribution in [3.63, 3.8) is 0 Å². The van der Waals surface area contributed by atoms with E-state index in [0.29, 0.717) is 0 Å². The number of nitrogens with one attached hydrogen (secondary N) is 2. The summed E-state index contributed by atoms with van der Waals surface area (Å²) in [5.41, 5.74) is 4.66. The Morgan fingerprint density at radius 2 is 1.81 bits per heavy atom. The number of hydrazine groups is 1. The molecule has 2 N–H and O–H groups in total. The van der Waals surface area contributed by atoms with Crippen molar-refractivity contribution in [3.05, 3.63) is 0 Å². The Balaban J connectivity index is 2.23. The van der Waals surface area contributed by atoms with Crippen LogP contribution in [0.2, 0.25) is 0 Å². The Bertz CT molecular complexity index is 288. The van der Waals surface area contributed by atoms with Crippen molar-refractivity contribution < 1.29 is 13.8 Å². The fourth-order valence-corrected chi connectivity index (χ4v) is 2.26. The van der Waals surface area contributed by atoms with Gasteiger partial charge in [0, 0.05) is 23.0 Å². The van der Waals surface area contributed by atoms with E-state index in [-0.39, 0.29) is 17.6 Å². The van der Waals surface area contributed by atoms with Crippen molar-refractivity contribution in [2.45, 2.75) is 32.1 Å². The van der Waals surface area contributed by atoms with Gasteiger partial charge in [-0.25, -0.2) is 0 Å². The van der Waals surface area contributed by atoms with E-state index in [0.717, 1.165) is 25.7 Å².